The summed E-state index contributed by atoms with van der Waals surface area (Å²) in [5.74, 6) is -0.0717. The zero-order valence-corrected chi connectivity index (χ0v) is 14.7. The monoisotopic (exact) mass is 362 g/mol. The van der Waals surface area contributed by atoms with E-state index in [0.29, 0.717) is 35.3 Å². The zero-order chi connectivity index (χ0) is 19.0. The number of hydrogen-bond donors (Lipinski definition) is 3. The van der Waals surface area contributed by atoms with Crippen molar-refractivity contribution in [2.75, 3.05) is 0 Å². The summed E-state index contributed by atoms with van der Waals surface area (Å²) in [5, 5.41) is 28.4. The molecule has 0 saturated carbocycles. The third kappa shape index (κ3) is 2.83. The van der Waals surface area contributed by atoms with Gasteiger partial charge in [0, 0.05) is 36.0 Å². The van der Waals surface area contributed by atoms with Crippen molar-refractivity contribution < 1.29 is 10.2 Å². The van der Waals surface area contributed by atoms with Crippen LogP contribution in [0, 0.1) is 0 Å². The summed E-state index contributed by atoms with van der Waals surface area (Å²) in [5.41, 5.74) is 3.53. The largest absolute Gasteiger partial charge is 0.508 e. The number of rotatable bonds is 4. The highest BCUT2D eigenvalue weighted by molar-refractivity contribution is 6.11. The molecule has 27 heavy (non-hydrogen) atoms. The van der Waals surface area contributed by atoms with Crippen LogP contribution in [0.5, 0.6) is 11.5 Å². The number of aromatic hydroxyl groups is 2. The first-order valence-corrected chi connectivity index (χ1v) is 8.64. The summed E-state index contributed by atoms with van der Waals surface area (Å²) in [6, 6.07) is 10.4. The van der Waals surface area contributed by atoms with E-state index in [9.17, 15) is 15.0 Å². The first-order chi connectivity index (χ1) is 13.1. The Morgan fingerprint density at radius 3 is 2.70 bits per heavy atom. The number of H-pyrrole nitrogens is 1. The Bertz CT molecular complexity index is 1140. The normalized spacial score (nSPS) is 13.1. The predicted octanol–water partition coefficient (Wildman–Crippen LogP) is 2.98. The van der Waals surface area contributed by atoms with E-state index in [1.807, 2.05) is 31.2 Å². The average Bonchev–Trinajstić information content (AvgIpc) is 3.32. The average molecular weight is 362 g/mol. The van der Waals surface area contributed by atoms with Gasteiger partial charge >= 0.3 is 5.69 Å². The fourth-order valence-electron chi connectivity index (χ4n) is 3.27. The number of para-hydroxylation sites is 1. The standard InChI is InChI=1S/C20H18N4O3/c1-2-12-9-14(19(26)10-18(12)25)17-11-21-20(27)24(17)16-6-4-3-5-13(16)15-7-8-22-23-15/h3-6,8-11,25-26H,2,7H2,1H3,(H,21,27). The molecule has 1 aliphatic heterocycles. The summed E-state index contributed by atoms with van der Waals surface area (Å²) in [6.07, 6.45) is 4.46. The maximum Gasteiger partial charge on any atom is 0.330 e. The smallest absolute Gasteiger partial charge is 0.330 e. The molecule has 0 saturated heterocycles. The van der Waals surface area contributed by atoms with Gasteiger partial charge in [-0.1, -0.05) is 25.1 Å². The molecule has 7 heteroatoms. The summed E-state index contributed by atoms with van der Waals surface area (Å²) in [7, 11) is 0. The van der Waals surface area contributed by atoms with Gasteiger partial charge < -0.3 is 15.2 Å². The van der Waals surface area contributed by atoms with E-state index >= 15 is 0 Å². The van der Waals surface area contributed by atoms with Crippen LogP contribution in [-0.4, -0.2) is 31.7 Å². The van der Waals surface area contributed by atoms with Gasteiger partial charge in [-0.2, -0.15) is 10.2 Å². The van der Waals surface area contributed by atoms with Crippen molar-refractivity contribution in [1.29, 1.82) is 0 Å². The van der Waals surface area contributed by atoms with Crippen LogP contribution >= 0.6 is 0 Å². The highest BCUT2D eigenvalue weighted by atomic mass is 16.3. The molecule has 4 rings (SSSR count). The molecule has 0 unspecified atom stereocenters. The first kappa shape index (κ1) is 16.8. The molecule has 1 aromatic heterocycles. The van der Waals surface area contributed by atoms with E-state index in [2.05, 4.69) is 15.2 Å². The van der Waals surface area contributed by atoms with Crippen molar-refractivity contribution in [2.45, 2.75) is 19.8 Å². The fourth-order valence-corrected chi connectivity index (χ4v) is 3.27. The zero-order valence-electron chi connectivity index (χ0n) is 14.7. The summed E-state index contributed by atoms with van der Waals surface area (Å²) < 4.78 is 1.50. The lowest BCUT2D eigenvalue weighted by atomic mass is 10.0. The number of aromatic amines is 1. The lowest BCUT2D eigenvalue weighted by Gasteiger charge is -2.14. The van der Waals surface area contributed by atoms with Gasteiger partial charge in [-0.15, -0.1) is 0 Å². The van der Waals surface area contributed by atoms with Gasteiger partial charge in [0.2, 0.25) is 0 Å². The molecule has 0 fully saturated rings. The molecule has 136 valence electrons. The number of nitrogens with zero attached hydrogens (tertiary/aromatic N) is 3. The van der Waals surface area contributed by atoms with Crippen LogP contribution in [0.3, 0.4) is 0 Å². The molecule has 3 aromatic rings. The minimum Gasteiger partial charge on any atom is -0.508 e. The molecule has 1 aliphatic rings. The summed E-state index contributed by atoms with van der Waals surface area (Å²) >= 11 is 0. The molecule has 0 atom stereocenters. The van der Waals surface area contributed by atoms with Gasteiger partial charge in [0.25, 0.3) is 0 Å². The Kier molecular flexibility index (Phi) is 4.12. The third-order valence-corrected chi connectivity index (χ3v) is 4.63. The summed E-state index contributed by atoms with van der Waals surface area (Å²) in [4.78, 5) is 15.3. The van der Waals surface area contributed by atoms with Crippen LogP contribution in [0.15, 0.2) is 57.6 Å². The summed E-state index contributed by atoms with van der Waals surface area (Å²) in [6.45, 7) is 1.91. The van der Waals surface area contributed by atoms with E-state index in [4.69, 9.17) is 0 Å². The highest BCUT2D eigenvalue weighted by Gasteiger charge is 2.20. The van der Waals surface area contributed by atoms with Gasteiger partial charge in [-0.25, -0.2) is 4.79 Å². The topological polar surface area (TPSA) is 103 Å². The second-order valence-electron chi connectivity index (χ2n) is 6.23. The number of phenolic OH excluding ortho intramolecular Hbond substituents is 2. The third-order valence-electron chi connectivity index (χ3n) is 4.63. The number of benzene rings is 2. The molecule has 0 radical (unpaired) electrons. The maximum absolute atomic E-state index is 12.6. The predicted molar refractivity (Wildman–Crippen MR) is 104 cm³/mol. The maximum atomic E-state index is 12.6. The Balaban J connectivity index is 1.95. The Labute approximate surface area is 155 Å². The van der Waals surface area contributed by atoms with Gasteiger partial charge in [0.1, 0.15) is 11.5 Å². The van der Waals surface area contributed by atoms with Crippen molar-refractivity contribution in [3.63, 3.8) is 0 Å². The van der Waals surface area contributed by atoms with Crippen LogP contribution in [0.2, 0.25) is 0 Å². The molecule has 2 aromatic carbocycles. The van der Waals surface area contributed by atoms with Gasteiger partial charge in [-0.3, -0.25) is 4.57 Å². The Morgan fingerprint density at radius 1 is 1.15 bits per heavy atom. The number of phenols is 2. The lowest BCUT2D eigenvalue weighted by Crippen LogP contribution is -2.18. The van der Waals surface area contributed by atoms with Crippen LogP contribution < -0.4 is 5.69 Å². The molecule has 0 aliphatic carbocycles. The molecular formula is C20H18N4O3. The minimum absolute atomic E-state index is 0.0287. The number of aromatic nitrogens is 2. The van der Waals surface area contributed by atoms with Crippen LogP contribution in [0.4, 0.5) is 0 Å². The molecular weight excluding hydrogens is 344 g/mol. The van der Waals surface area contributed by atoms with Crippen LogP contribution in [0.1, 0.15) is 24.5 Å². The molecule has 7 nitrogen and oxygen atoms in total. The fraction of sp³-hybridized carbons (Fsp3) is 0.150. The minimum atomic E-state index is -0.331. The van der Waals surface area contributed by atoms with E-state index in [0.717, 1.165) is 11.3 Å². The second kappa shape index (κ2) is 6.60. The molecule has 3 N–H and O–H groups in total. The lowest BCUT2D eigenvalue weighted by molar-refractivity contribution is 0.447. The van der Waals surface area contributed by atoms with E-state index in [1.165, 1.54) is 10.6 Å². The molecule has 0 bridgehead atoms. The quantitative estimate of drug-likeness (QED) is 0.665. The van der Waals surface area contributed by atoms with Crippen molar-refractivity contribution in [3.8, 4) is 28.4 Å². The van der Waals surface area contributed by atoms with E-state index in [-0.39, 0.29) is 17.2 Å². The Morgan fingerprint density at radius 2 is 1.96 bits per heavy atom. The number of imidazole rings is 1. The van der Waals surface area contributed by atoms with Crippen molar-refractivity contribution in [1.82, 2.24) is 9.55 Å². The molecule has 2 heterocycles. The van der Waals surface area contributed by atoms with Crippen molar-refractivity contribution >= 4 is 11.9 Å². The van der Waals surface area contributed by atoms with Crippen molar-refractivity contribution in [3.05, 3.63) is 64.2 Å². The molecule has 0 amide bonds. The number of nitrogens with one attached hydrogen (secondary N) is 1. The van der Waals surface area contributed by atoms with Crippen LogP contribution in [-0.2, 0) is 6.42 Å². The van der Waals surface area contributed by atoms with Gasteiger partial charge in [0.05, 0.1) is 17.1 Å². The number of aryl methyl sites for hydroxylation is 1. The first-order valence-electron chi connectivity index (χ1n) is 8.64. The van der Waals surface area contributed by atoms with Crippen molar-refractivity contribution in [2.24, 2.45) is 10.2 Å². The van der Waals surface area contributed by atoms with E-state index in [1.54, 1.807) is 18.5 Å². The second-order valence-corrected chi connectivity index (χ2v) is 6.23. The molecule has 0 spiro atoms. The van der Waals surface area contributed by atoms with Gasteiger partial charge in [-0.05, 0) is 24.1 Å². The number of hydrogen-bond acceptors (Lipinski definition) is 5. The SMILES string of the molecule is CCc1cc(-c2c[nH]c(=O)n2-c2ccccc2C2=NN=CC2)c(O)cc1O. The van der Waals surface area contributed by atoms with Crippen LogP contribution in [0.25, 0.3) is 16.9 Å². The van der Waals surface area contributed by atoms with E-state index < -0.39 is 0 Å². The Hall–Kier alpha value is -3.61. The highest BCUT2D eigenvalue weighted by Crippen LogP contribution is 2.35. The van der Waals surface area contributed by atoms with Gasteiger partial charge in [0.15, 0.2) is 0 Å².